The zero-order valence-electron chi connectivity index (χ0n) is 15.8. The summed E-state index contributed by atoms with van der Waals surface area (Å²) in [5.41, 5.74) is 2.16. The predicted molar refractivity (Wildman–Crippen MR) is 104 cm³/mol. The fraction of sp³-hybridized carbons (Fsp3) is 0.316. The molecule has 5 nitrogen and oxygen atoms in total. The van der Waals surface area contributed by atoms with E-state index in [0.29, 0.717) is 16.7 Å². The number of rotatable bonds is 5. The van der Waals surface area contributed by atoms with Crippen molar-refractivity contribution in [2.45, 2.75) is 31.7 Å². The summed E-state index contributed by atoms with van der Waals surface area (Å²) in [6, 6.07) is 6.80. The average Bonchev–Trinajstić information content (AvgIpc) is 2.58. The summed E-state index contributed by atoms with van der Waals surface area (Å²) in [5.74, 6) is -0.965. The summed E-state index contributed by atoms with van der Waals surface area (Å²) in [6.45, 7) is 5.19. The molecule has 0 saturated carbocycles. The molecular formula is C19H22ClFN2O3S. The van der Waals surface area contributed by atoms with Crippen LogP contribution in [-0.2, 0) is 10.0 Å². The molecule has 0 spiro atoms. The van der Waals surface area contributed by atoms with Crippen molar-refractivity contribution in [2.75, 3.05) is 14.1 Å². The summed E-state index contributed by atoms with van der Waals surface area (Å²) in [5, 5.41) is 2.76. The molecule has 0 aliphatic carbocycles. The summed E-state index contributed by atoms with van der Waals surface area (Å²) < 4.78 is 39.5. The van der Waals surface area contributed by atoms with Crippen LogP contribution in [0, 0.1) is 19.7 Å². The first kappa shape index (κ1) is 21.3. The second-order valence-electron chi connectivity index (χ2n) is 6.57. The van der Waals surface area contributed by atoms with Gasteiger partial charge in [0.1, 0.15) is 5.82 Å². The number of carbonyl (C=O) groups is 1. The number of carbonyl (C=O) groups excluding carboxylic acids is 1. The number of hydrogen-bond donors (Lipinski definition) is 1. The van der Waals surface area contributed by atoms with Gasteiger partial charge in [-0.25, -0.2) is 17.1 Å². The van der Waals surface area contributed by atoms with Gasteiger partial charge < -0.3 is 5.32 Å². The second-order valence-corrected chi connectivity index (χ2v) is 9.10. The van der Waals surface area contributed by atoms with E-state index in [9.17, 15) is 17.6 Å². The van der Waals surface area contributed by atoms with Crippen LogP contribution < -0.4 is 5.32 Å². The van der Waals surface area contributed by atoms with E-state index in [1.807, 2.05) is 0 Å². The van der Waals surface area contributed by atoms with E-state index >= 15 is 0 Å². The van der Waals surface area contributed by atoms with Gasteiger partial charge in [0.2, 0.25) is 10.0 Å². The van der Waals surface area contributed by atoms with Crippen molar-refractivity contribution < 1.29 is 17.6 Å². The number of benzene rings is 2. The van der Waals surface area contributed by atoms with Gasteiger partial charge in [-0.1, -0.05) is 17.7 Å². The molecule has 0 aliphatic rings. The molecule has 2 aromatic carbocycles. The van der Waals surface area contributed by atoms with E-state index in [-0.39, 0.29) is 15.5 Å². The van der Waals surface area contributed by atoms with E-state index in [1.54, 1.807) is 26.8 Å². The summed E-state index contributed by atoms with van der Waals surface area (Å²) in [7, 11) is -0.800. The largest absolute Gasteiger partial charge is 0.346 e. The Hall–Kier alpha value is -1.96. The van der Waals surface area contributed by atoms with Crippen LogP contribution in [0.4, 0.5) is 4.39 Å². The van der Waals surface area contributed by atoms with Crippen molar-refractivity contribution in [1.29, 1.82) is 0 Å². The van der Waals surface area contributed by atoms with Crippen LogP contribution in [0.5, 0.6) is 0 Å². The summed E-state index contributed by atoms with van der Waals surface area (Å²) in [4.78, 5) is 12.8. The Labute approximate surface area is 164 Å². The molecule has 1 amide bonds. The average molecular weight is 413 g/mol. The van der Waals surface area contributed by atoms with Gasteiger partial charge in [0.25, 0.3) is 5.91 Å². The molecule has 0 aliphatic heterocycles. The van der Waals surface area contributed by atoms with Gasteiger partial charge in [0, 0.05) is 19.7 Å². The minimum atomic E-state index is -3.68. The standard InChI is InChI=1S/C19H22ClFN2O3S/c1-11-8-15(10-18(12(11)2)27(25,26)23(4)5)19(24)22-13(3)14-6-7-17(21)16(20)9-14/h6-10,13H,1-5H3,(H,22,24). The number of hydrogen-bond acceptors (Lipinski definition) is 3. The molecule has 2 aromatic rings. The SMILES string of the molecule is Cc1cc(C(=O)NC(C)c2ccc(F)c(Cl)c2)cc(S(=O)(=O)N(C)C)c1C. The molecule has 0 fully saturated rings. The maximum Gasteiger partial charge on any atom is 0.251 e. The number of amides is 1. The Bertz CT molecular complexity index is 991. The lowest BCUT2D eigenvalue weighted by Crippen LogP contribution is -2.28. The van der Waals surface area contributed by atoms with Gasteiger partial charge >= 0.3 is 0 Å². The second kappa shape index (κ2) is 7.96. The molecule has 27 heavy (non-hydrogen) atoms. The highest BCUT2D eigenvalue weighted by atomic mass is 35.5. The topological polar surface area (TPSA) is 66.5 Å². The first-order valence-electron chi connectivity index (χ1n) is 8.24. The lowest BCUT2D eigenvalue weighted by Gasteiger charge is -2.18. The number of aryl methyl sites for hydroxylation is 1. The van der Waals surface area contributed by atoms with E-state index in [0.717, 1.165) is 4.31 Å². The first-order valence-corrected chi connectivity index (χ1v) is 10.1. The molecule has 8 heteroatoms. The summed E-state index contributed by atoms with van der Waals surface area (Å²) in [6.07, 6.45) is 0. The van der Waals surface area contributed by atoms with Gasteiger partial charge in [-0.05, 0) is 61.7 Å². The molecule has 0 heterocycles. The fourth-order valence-electron chi connectivity index (χ4n) is 2.57. The van der Waals surface area contributed by atoms with Gasteiger partial charge in [-0.15, -0.1) is 0 Å². The van der Waals surface area contributed by atoms with E-state index in [4.69, 9.17) is 11.6 Å². The Morgan fingerprint density at radius 2 is 1.81 bits per heavy atom. The van der Waals surface area contributed by atoms with Crippen LogP contribution in [0.15, 0.2) is 35.2 Å². The molecular weight excluding hydrogens is 391 g/mol. The van der Waals surface area contributed by atoms with Crippen LogP contribution in [0.2, 0.25) is 5.02 Å². The van der Waals surface area contributed by atoms with Crippen LogP contribution >= 0.6 is 11.6 Å². The lowest BCUT2D eigenvalue weighted by molar-refractivity contribution is 0.0939. The number of nitrogens with zero attached hydrogens (tertiary/aromatic N) is 1. The van der Waals surface area contributed by atoms with Gasteiger partial charge in [-0.2, -0.15) is 0 Å². The Kier molecular flexibility index (Phi) is 6.29. The normalized spacial score (nSPS) is 12.9. The minimum Gasteiger partial charge on any atom is -0.346 e. The van der Waals surface area contributed by atoms with Crippen LogP contribution in [0.3, 0.4) is 0 Å². The van der Waals surface area contributed by atoms with Gasteiger partial charge in [0.05, 0.1) is 16.0 Å². The van der Waals surface area contributed by atoms with Crippen LogP contribution in [0.25, 0.3) is 0 Å². The van der Waals surface area contributed by atoms with E-state index < -0.39 is 27.8 Å². The highest BCUT2D eigenvalue weighted by Crippen LogP contribution is 2.25. The number of sulfonamides is 1. The third kappa shape index (κ3) is 4.48. The predicted octanol–water partition coefficient (Wildman–Crippen LogP) is 3.84. The van der Waals surface area contributed by atoms with E-state index in [2.05, 4.69) is 5.32 Å². The monoisotopic (exact) mass is 412 g/mol. The molecule has 146 valence electrons. The van der Waals surface area contributed by atoms with Crippen LogP contribution in [0.1, 0.15) is 40.0 Å². The molecule has 1 atom stereocenters. The van der Waals surface area contributed by atoms with Gasteiger partial charge in [-0.3, -0.25) is 4.79 Å². The zero-order valence-corrected chi connectivity index (χ0v) is 17.4. The molecule has 0 aromatic heterocycles. The van der Waals surface area contributed by atoms with E-state index in [1.165, 1.54) is 38.4 Å². The number of halogens is 2. The fourth-order valence-corrected chi connectivity index (χ4v) is 3.97. The molecule has 1 N–H and O–H groups in total. The third-order valence-electron chi connectivity index (χ3n) is 4.43. The Morgan fingerprint density at radius 3 is 2.37 bits per heavy atom. The molecule has 0 bridgehead atoms. The van der Waals surface area contributed by atoms with Crippen molar-refractivity contribution in [3.8, 4) is 0 Å². The quantitative estimate of drug-likeness (QED) is 0.811. The summed E-state index contributed by atoms with van der Waals surface area (Å²) >= 11 is 5.79. The Balaban J connectivity index is 2.36. The smallest absolute Gasteiger partial charge is 0.251 e. The maximum atomic E-state index is 13.3. The molecule has 0 saturated heterocycles. The van der Waals surface area contributed by atoms with Crippen molar-refractivity contribution in [1.82, 2.24) is 9.62 Å². The van der Waals surface area contributed by atoms with Gasteiger partial charge in [0.15, 0.2) is 0 Å². The maximum absolute atomic E-state index is 13.3. The Morgan fingerprint density at radius 1 is 1.19 bits per heavy atom. The molecule has 0 radical (unpaired) electrons. The lowest BCUT2D eigenvalue weighted by atomic mass is 10.0. The first-order chi connectivity index (χ1) is 12.4. The van der Waals surface area contributed by atoms with Crippen LogP contribution in [-0.4, -0.2) is 32.7 Å². The molecule has 2 rings (SSSR count). The van der Waals surface area contributed by atoms with Crippen molar-refractivity contribution >= 4 is 27.5 Å². The van der Waals surface area contributed by atoms with Crippen molar-refractivity contribution in [3.63, 3.8) is 0 Å². The number of nitrogens with one attached hydrogen (secondary N) is 1. The van der Waals surface area contributed by atoms with Crippen molar-refractivity contribution in [2.24, 2.45) is 0 Å². The highest BCUT2D eigenvalue weighted by Gasteiger charge is 2.23. The molecule has 1 unspecified atom stereocenters. The van der Waals surface area contributed by atoms with Crippen molar-refractivity contribution in [3.05, 3.63) is 63.4 Å². The zero-order chi connectivity index (χ0) is 20.5. The minimum absolute atomic E-state index is 0.0286. The third-order valence-corrected chi connectivity index (χ3v) is 6.66. The highest BCUT2D eigenvalue weighted by molar-refractivity contribution is 7.89.